The van der Waals surface area contributed by atoms with Gasteiger partial charge in [0, 0.05) is 12.3 Å². The lowest BCUT2D eigenvalue weighted by molar-refractivity contribution is 0.626. The van der Waals surface area contributed by atoms with Crippen LogP contribution in [0.2, 0.25) is 0 Å². The van der Waals surface area contributed by atoms with Crippen LogP contribution in [0.3, 0.4) is 0 Å². The van der Waals surface area contributed by atoms with Gasteiger partial charge in [0.25, 0.3) is 0 Å². The van der Waals surface area contributed by atoms with Gasteiger partial charge in [-0.25, -0.2) is 4.39 Å². The Hall–Kier alpha value is -1.18. The summed E-state index contributed by atoms with van der Waals surface area (Å²) in [5.74, 6) is -0.167. The van der Waals surface area contributed by atoms with E-state index in [1.165, 1.54) is 6.07 Å². The van der Waals surface area contributed by atoms with E-state index in [1.54, 1.807) is 6.07 Å². The van der Waals surface area contributed by atoms with Gasteiger partial charge < -0.3 is 0 Å². The second kappa shape index (κ2) is 3.29. The van der Waals surface area contributed by atoms with Crippen molar-refractivity contribution in [2.24, 2.45) is 4.99 Å². The van der Waals surface area contributed by atoms with Crippen molar-refractivity contribution in [2.45, 2.75) is 19.8 Å². The number of halogens is 1. The number of aliphatic imine (C=N–C) groups is 1. The van der Waals surface area contributed by atoms with Crippen molar-refractivity contribution in [2.75, 3.05) is 6.54 Å². The van der Waals surface area contributed by atoms with Gasteiger partial charge >= 0.3 is 0 Å². The number of hydrogen-bond acceptors (Lipinski definition) is 1. The minimum absolute atomic E-state index is 0.167. The molecule has 0 N–H and O–H groups in total. The topological polar surface area (TPSA) is 12.4 Å². The van der Waals surface area contributed by atoms with Gasteiger partial charge in [0.2, 0.25) is 0 Å². The van der Waals surface area contributed by atoms with Crippen molar-refractivity contribution >= 4 is 5.71 Å². The fourth-order valence-corrected chi connectivity index (χ4v) is 1.71. The molecule has 1 heterocycles. The molecule has 1 aliphatic heterocycles. The van der Waals surface area contributed by atoms with Gasteiger partial charge in [-0.2, -0.15) is 0 Å². The fourth-order valence-electron chi connectivity index (χ4n) is 1.71. The number of nitrogens with zero attached hydrogens (tertiary/aromatic N) is 1. The molecular formula is C11H12FN. The maximum atomic E-state index is 12.8. The summed E-state index contributed by atoms with van der Waals surface area (Å²) in [5.41, 5.74) is 3.23. The first-order valence-electron chi connectivity index (χ1n) is 4.57. The van der Waals surface area contributed by atoms with Crippen molar-refractivity contribution < 1.29 is 4.39 Å². The van der Waals surface area contributed by atoms with Gasteiger partial charge in [0.1, 0.15) is 5.82 Å². The van der Waals surface area contributed by atoms with E-state index in [1.807, 2.05) is 13.0 Å². The molecule has 0 saturated heterocycles. The van der Waals surface area contributed by atoms with Crippen LogP contribution in [-0.2, 0) is 0 Å². The normalized spacial score (nSPS) is 16.0. The summed E-state index contributed by atoms with van der Waals surface area (Å²) in [6, 6.07) is 4.90. The molecule has 1 aromatic rings. The Bertz CT molecular complexity index is 355. The van der Waals surface area contributed by atoms with Crippen LogP contribution in [0.1, 0.15) is 24.0 Å². The third-order valence-electron chi connectivity index (χ3n) is 2.37. The summed E-state index contributed by atoms with van der Waals surface area (Å²) in [7, 11) is 0. The smallest absolute Gasteiger partial charge is 0.123 e. The highest BCUT2D eigenvalue weighted by atomic mass is 19.1. The minimum atomic E-state index is -0.167. The Morgan fingerprint density at radius 2 is 2.23 bits per heavy atom. The molecule has 0 bridgehead atoms. The average molecular weight is 177 g/mol. The minimum Gasteiger partial charge on any atom is -0.289 e. The zero-order chi connectivity index (χ0) is 9.26. The average Bonchev–Trinajstić information content (AvgIpc) is 2.56. The first-order valence-corrected chi connectivity index (χ1v) is 4.57. The maximum Gasteiger partial charge on any atom is 0.123 e. The van der Waals surface area contributed by atoms with Crippen molar-refractivity contribution in [3.63, 3.8) is 0 Å². The van der Waals surface area contributed by atoms with Crippen LogP contribution < -0.4 is 0 Å². The summed E-state index contributed by atoms with van der Waals surface area (Å²) < 4.78 is 12.8. The third kappa shape index (κ3) is 1.62. The molecule has 0 amide bonds. The Kier molecular flexibility index (Phi) is 2.13. The molecule has 1 aliphatic rings. The first kappa shape index (κ1) is 8.42. The number of aryl methyl sites for hydroxylation is 1. The molecule has 0 atom stereocenters. The van der Waals surface area contributed by atoms with Gasteiger partial charge in [-0.3, -0.25) is 4.99 Å². The number of hydrogen-bond donors (Lipinski definition) is 0. The highest BCUT2D eigenvalue weighted by Gasteiger charge is 2.11. The van der Waals surface area contributed by atoms with E-state index in [-0.39, 0.29) is 5.82 Å². The molecule has 0 radical (unpaired) electrons. The molecule has 0 unspecified atom stereocenters. The molecule has 2 rings (SSSR count). The predicted molar refractivity (Wildman–Crippen MR) is 51.8 cm³/mol. The highest BCUT2D eigenvalue weighted by Crippen LogP contribution is 2.17. The third-order valence-corrected chi connectivity index (χ3v) is 2.37. The van der Waals surface area contributed by atoms with Gasteiger partial charge in [-0.1, -0.05) is 0 Å². The lowest BCUT2D eigenvalue weighted by Gasteiger charge is -2.04. The lowest BCUT2D eigenvalue weighted by Crippen LogP contribution is -1.99. The molecule has 0 aliphatic carbocycles. The van der Waals surface area contributed by atoms with E-state index in [2.05, 4.69) is 4.99 Å². The van der Waals surface area contributed by atoms with E-state index < -0.39 is 0 Å². The molecule has 0 aromatic heterocycles. The van der Waals surface area contributed by atoms with Gasteiger partial charge in [-0.15, -0.1) is 0 Å². The molecule has 0 saturated carbocycles. The van der Waals surface area contributed by atoms with Crippen molar-refractivity contribution in [3.05, 3.63) is 35.1 Å². The van der Waals surface area contributed by atoms with Crippen LogP contribution in [0.5, 0.6) is 0 Å². The van der Waals surface area contributed by atoms with E-state index in [0.717, 1.165) is 36.2 Å². The van der Waals surface area contributed by atoms with Gasteiger partial charge in [0.15, 0.2) is 0 Å². The van der Waals surface area contributed by atoms with Gasteiger partial charge in [0.05, 0.1) is 0 Å². The number of benzene rings is 1. The largest absolute Gasteiger partial charge is 0.289 e. The van der Waals surface area contributed by atoms with Gasteiger partial charge in [-0.05, 0) is 49.1 Å². The van der Waals surface area contributed by atoms with Crippen LogP contribution in [0.25, 0.3) is 0 Å². The summed E-state index contributed by atoms with van der Waals surface area (Å²) in [4.78, 5) is 4.39. The van der Waals surface area contributed by atoms with Crippen molar-refractivity contribution in [3.8, 4) is 0 Å². The van der Waals surface area contributed by atoms with Crippen LogP contribution in [0.15, 0.2) is 23.2 Å². The summed E-state index contributed by atoms with van der Waals surface area (Å²) in [6.07, 6.45) is 2.17. The highest BCUT2D eigenvalue weighted by molar-refractivity contribution is 6.02. The van der Waals surface area contributed by atoms with Crippen LogP contribution in [-0.4, -0.2) is 12.3 Å². The Balaban J connectivity index is 2.40. The zero-order valence-electron chi connectivity index (χ0n) is 7.68. The first-order chi connectivity index (χ1) is 6.27. The molecule has 2 heteroatoms. The second-order valence-corrected chi connectivity index (χ2v) is 3.39. The molecule has 1 nitrogen and oxygen atoms in total. The quantitative estimate of drug-likeness (QED) is 0.625. The second-order valence-electron chi connectivity index (χ2n) is 3.39. The molecule has 0 fully saturated rings. The zero-order valence-corrected chi connectivity index (χ0v) is 7.68. The van der Waals surface area contributed by atoms with E-state index in [9.17, 15) is 4.39 Å². The Morgan fingerprint density at radius 1 is 1.38 bits per heavy atom. The molecule has 0 spiro atoms. The Morgan fingerprint density at radius 3 is 2.85 bits per heavy atom. The van der Waals surface area contributed by atoms with E-state index in [4.69, 9.17) is 0 Å². The van der Waals surface area contributed by atoms with Crippen molar-refractivity contribution in [1.29, 1.82) is 0 Å². The Labute approximate surface area is 77.3 Å². The van der Waals surface area contributed by atoms with Crippen LogP contribution >= 0.6 is 0 Å². The van der Waals surface area contributed by atoms with E-state index in [0.29, 0.717) is 0 Å². The summed E-state index contributed by atoms with van der Waals surface area (Å²) in [6.45, 7) is 2.85. The van der Waals surface area contributed by atoms with Crippen LogP contribution in [0, 0.1) is 12.7 Å². The molecule has 68 valence electrons. The van der Waals surface area contributed by atoms with E-state index >= 15 is 0 Å². The lowest BCUT2D eigenvalue weighted by atomic mass is 10.0. The van der Waals surface area contributed by atoms with Crippen molar-refractivity contribution in [1.82, 2.24) is 0 Å². The summed E-state index contributed by atoms with van der Waals surface area (Å²) in [5, 5.41) is 0. The molecule has 13 heavy (non-hydrogen) atoms. The fraction of sp³-hybridized carbons (Fsp3) is 0.364. The molecular weight excluding hydrogens is 165 g/mol. The molecule has 1 aromatic carbocycles. The monoisotopic (exact) mass is 177 g/mol. The predicted octanol–water partition coefficient (Wildman–Crippen LogP) is 2.72. The SMILES string of the molecule is Cc1cc(F)ccc1C1=NCCC1. The maximum absolute atomic E-state index is 12.8. The van der Waals surface area contributed by atoms with Crippen LogP contribution in [0.4, 0.5) is 4.39 Å². The number of rotatable bonds is 1. The standard InChI is InChI=1S/C11H12FN/c1-8-7-9(12)4-5-10(8)11-3-2-6-13-11/h4-5,7H,2-3,6H2,1H3. The summed E-state index contributed by atoms with van der Waals surface area (Å²) >= 11 is 0.